The van der Waals surface area contributed by atoms with Crippen LogP contribution in [0.1, 0.15) is 46.4 Å². The molecule has 2 aromatic carbocycles. The van der Waals surface area contributed by atoms with Crippen LogP contribution >= 0.6 is 0 Å². The van der Waals surface area contributed by atoms with Crippen molar-refractivity contribution in [3.8, 4) is 5.88 Å². The van der Waals surface area contributed by atoms with Gasteiger partial charge in [-0.3, -0.25) is 14.4 Å². The molecule has 3 N–H and O–H groups in total. The highest BCUT2D eigenvalue weighted by Gasteiger charge is 2.27. The normalized spacial score (nSPS) is 17.6. The standard InChI is InChI=1S/C26H27N3O5/c30-24(20-6-5-17-3-1-2-4-19(17)15-20)27-13-14-28-25(31)21-9-12-23(29-16-21)34-22-10-7-18(8-11-22)26(32)33/h1-6,9,12,15-16,18,22H,7-8,10-11,13-14H2,(H,27,30)(H,28,31)(H,32,33). The summed E-state index contributed by atoms with van der Waals surface area (Å²) >= 11 is 0. The Morgan fingerprint density at radius 1 is 0.853 bits per heavy atom. The highest BCUT2D eigenvalue weighted by Crippen LogP contribution is 2.27. The first-order valence-corrected chi connectivity index (χ1v) is 11.4. The quantitative estimate of drug-likeness (QED) is 0.443. The number of carboxylic acid groups (broad SMARTS) is 1. The van der Waals surface area contributed by atoms with E-state index >= 15 is 0 Å². The topological polar surface area (TPSA) is 118 Å². The SMILES string of the molecule is O=C(NCCNC(=O)c1ccc2ccccc2c1)c1ccc(OC2CCC(C(=O)O)CC2)nc1. The number of carboxylic acids is 1. The largest absolute Gasteiger partial charge is 0.481 e. The van der Waals surface area contributed by atoms with Crippen molar-refractivity contribution < 1.29 is 24.2 Å². The predicted octanol–water partition coefficient (Wildman–Crippen LogP) is 3.42. The second kappa shape index (κ2) is 10.8. The molecule has 1 aromatic heterocycles. The molecule has 8 heteroatoms. The molecule has 0 radical (unpaired) electrons. The molecule has 34 heavy (non-hydrogen) atoms. The third-order valence-corrected chi connectivity index (χ3v) is 6.02. The number of amides is 2. The van der Waals surface area contributed by atoms with Crippen molar-refractivity contribution in [2.75, 3.05) is 13.1 Å². The second-order valence-electron chi connectivity index (χ2n) is 8.39. The van der Waals surface area contributed by atoms with Gasteiger partial charge in [-0.05, 0) is 54.7 Å². The van der Waals surface area contributed by atoms with Crippen LogP contribution in [0.25, 0.3) is 10.8 Å². The summed E-state index contributed by atoms with van der Waals surface area (Å²) < 4.78 is 5.83. The predicted molar refractivity (Wildman–Crippen MR) is 127 cm³/mol. The average molecular weight is 462 g/mol. The van der Waals surface area contributed by atoms with Gasteiger partial charge in [0.2, 0.25) is 5.88 Å². The van der Waals surface area contributed by atoms with Crippen molar-refractivity contribution in [3.05, 3.63) is 71.9 Å². The second-order valence-corrected chi connectivity index (χ2v) is 8.39. The molecule has 1 aliphatic rings. The van der Waals surface area contributed by atoms with E-state index in [1.165, 1.54) is 6.20 Å². The van der Waals surface area contributed by atoms with Crippen LogP contribution in [0.15, 0.2) is 60.8 Å². The zero-order valence-electron chi connectivity index (χ0n) is 18.7. The van der Waals surface area contributed by atoms with E-state index in [1.54, 1.807) is 18.2 Å². The number of nitrogens with zero attached hydrogens (tertiary/aromatic N) is 1. The van der Waals surface area contributed by atoms with Crippen molar-refractivity contribution in [1.82, 2.24) is 15.6 Å². The zero-order chi connectivity index (χ0) is 23.9. The van der Waals surface area contributed by atoms with Crippen LogP contribution in [0.3, 0.4) is 0 Å². The Bertz CT molecular complexity index is 1170. The third-order valence-electron chi connectivity index (χ3n) is 6.02. The molecule has 0 atom stereocenters. The number of pyridine rings is 1. The first-order chi connectivity index (χ1) is 16.5. The van der Waals surface area contributed by atoms with Crippen molar-refractivity contribution in [3.63, 3.8) is 0 Å². The van der Waals surface area contributed by atoms with Gasteiger partial charge in [-0.15, -0.1) is 0 Å². The van der Waals surface area contributed by atoms with Crippen LogP contribution in [0.2, 0.25) is 0 Å². The Kier molecular flexibility index (Phi) is 7.37. The van der Waals surface area contributed by atoms with Gasteiger partial charge in [0.05, 0.1) is 11.5 Å². The summed E-state index contributed by atoms with van der Waals surface area (Å²) in [7, 11) is 0. The van der Waals surface area contributed by atoms with Crippen LogP contribution in [-0.2, 0) is 4.79 Å². The maximum atomic E-state index is 12.4. The number of hydrogen-bond donors (Lipinski definition) is 3. The minimum absolute atomic E-state index is 0.0611. The molecule has 0 spiro atoms. The van der Waals surface area contributed by atoms with Crippen molar-refractivity contribution in [2.24, 2.45) is 5.92 Å². The number of rotatable bonds is 8. The van der Waals surface area contributed by atoms with Gasteiger partial charge in [0, 0.05) is 30.9 Å². The highest BCUT2D eigenvalue weighted by atomic mass is 16.5. The lowest BCUT2D eigenvalue weighted by Gasteiger charge is -2.26. The third kappa shape index (κ3) is 5.89. The van der Waals surface area contributed by atoms with Gasteiger partial charge in [-0.2, -0.15) is 0 Å². The van der Waals surface area contributed by atoms with Crippen molar-refractivity contribution in [2.45, 2.75) is 31.8 Å². The maximum absolute atomic E-state index is 12.4. The molecule has 3 aromatic rings. The van der Waals surface area contributed by atoms with E-state index in [2.05, 4.69) is 15.6 Å². The summed E-state index contributed by atoms with van der Waals surface area (Å²) in [5.41, 5.74) is 0.962. The Morgan fingerprint density at radius 3 is 2.15 bits per heavy atom. The number of benzene rings is 2. The fraction of sp³-hybridized carbons (Fsp3) is 0.308. The number of carbonyl (C=O) groups is 3. The lowest BCUT2D eigenvalue weighted by molar-refractivity contribution is -0.143. The number of aromatic nitrogens is 1. The summed E-state index contributed by atoms with van der Waals surface area (Å²) in [6, 6.07) is 16.6. The van der Waals surface area contributed by atoms with E-state index < -0.39 is 5.97 Å². The minimum Gasteiger partial charge on any atom is -0.481 e. The van der Waals surface area contributed by atoms with Gasteiger partial charge in [0.1, 0.15) is 6.10 Å². The van der Waals surface area contributed by atoms with E-state index in [9.17, 15) is 14.4 Å². The van der Waals surface area contributed by atoms with Gasteiger partial charge in [-0.1, -0.05) is 30.3 Å². The molecule has 1 heterocycles. The molecule has 2 amide bonds. The molecule has 4 rings (SSSR count). The fourth-order valence-corrected chi connectivity index (χ4v) is 4.07. The molecule has 0 aliphatic heterocycles. The number of fused-ring (bicyclic) bond motifs is 1. The van der Waals surface area contributed by atoms with E-state index in [4.69, 9.17) is 9.84 Å². The Morgan fingerprint density at radius 2 is 1.50 bits per heavy atom. The number of aliphatic carboxylic acids is 1. The number of carbonyl (C=O) groups excluding carboxylic acids is 2. The van der Waals surface area contributed by atoms with E-state index in [0.717, 1.165) is 10.8 Å². The van der Waals surface area contributed by atoms with E-state index in [0.29, 0.717) is 49.2 Å². The Hall–Kier alpha value is -3.94. The lowest BCUT2D eigenvalue weighted by atomic mass is 9.87. The van der Waals surface area contributed by atoms with E-state index in [1.807, 2.05) is 36.4 Å². The Labute approximate surface area is 197 Å². The first kappa shape index (κ1) is 23.2. The van der Waals surface area contributed by atoms with Gasteiger partial charge in [-0.25, -0.2) is 4.98 Å². The molecular weight excluding hydrogens is 434 g/mol. The summed E-state index contributed by atoms with van der Waals surface area (Å²) in [6.07, 6.45) is 3.92. The smallest absolute Gasteiger partial charge is 0.306 e. The molecule has 8 nitrogen and oxygen atoms in total. The van der Waals surface area contributed by atoms with Gasteiger partial charge >= 0.3 is 5.97 Å². The fourth-order valence-electron chi connectivity index (χ4n) is 4.07. The van der Waals surface area contributed by atoms with Gasteiger partial charge in [0.25, 0.3) is 11.8 Å². The Balaban J connectivity index is 1.19. The number of nitrogens with one attached hydrogen (secondary N) is 2. The number of ether oxygens (including phenoxy) is 1. The number of hydrogen-bond acceptors (Lipinski definition) is 5. The average Bonchev–Trinajstić information content (AvgIpc) is 2.87. The molecule has 1 fully saturated rings. The zero-order valence-corrected chi connectivity index (χ0v) is 18.7. The summed E-state index contributed by atoms with van der Waals surface area (Å²) in [5, 5.41) is 16.7. The minimum atomic E-state index is -0.750. The molecule has 1 aliphatic carbocycles. The van der Waals surface area contributed by atoms with Crippen molar-refractivity contribution in [1.29, 1.82) is 0 Å². The van der Waals surface area contributed by atoms with Crippen LogP contribution in [0, 0.1) is 5.92 Å². The first-order valence-electron chi connectivity index (χ1n) is 11.4. The molecule has 0 saturated heterocycles. The summed E-state index contributed by atoms with van der Waals surface area (Å²) in [5.74, 6) is -1.11. The van der Waals surface area contributed by atoms with Crippen LogP contribution < -0.4 is 15.4 Å². The molecule has 0 bridgehead atoms. The van der Waals surface area contributed by atoms with Crippen molar-refractivity contribution >= 4 is 28.6 Å². The summed E-state index contributed by atoms with van der Waals surface area (Å²) in [6.45, 7) is 0.578. The van der Waals surface area contributed by atoms with Gasteiger partial charge < -0.3 is 20.5 Å². The highest BCUT2D eigenvalue weighted by molar-refractivity contribution is 5.98. The van der Waals surface area contributed by atoms with Gasteiger partial charge in [0.15, 0.2) is 0 Å². The molecule has 0 unspecified atom stereocenters. The molecule has 176 valence electrons. The lowest BCUT2D eigenvalue weighted by Crippen LogP contribution is -2.34. The maximum Gasteiger partial charge on any atom is 0.306 e. The molecular formula is C26H27N3O5. The molecule has 1 saturated carbocycles. The summed E-state index contributed by atoms with van der Waals surface area (Å²) in [4.78, 5) is 40.0. The van der Waals surface area contributed by atoms with E-state index in [-0.39, 0.29) is 30.4 Å². The van der Waals surface area contributed by atoms with Crippen LogP contribution in [0.4, 0.5) is 0 Å². The monoisotopic (exact) mass is 461 g/mol. The van der Waals surface area contributed by atoms with Crippen LogP contribution in [0.5, 0.6) is 5.88 Å². The van der Waals surface area contributed by atoms with Crippen LogP contribution in [-0.4, -0.2) is 47.1 Å².